The van der Waals surface area contributed by atoms with E-state index in [9.17, 15) is 4.79 Å². The molecular weight excluding hydrogens is 164 g/mol. The van der Waals surface area contributed by atoms with Gasteiger partial charge in [-0.3, -0.25) is 4.79 Å². The predicted octanol–water partition coefficient (Wildman–Crippen LogP) is 1.84. The first-order valence-electron chi connectivity index (χ1n) is 4.68. The van der Waals surface area contributed by atoms with Crippen LogP contribution in [0.3, 0.4) is 0 Å². The molecule has 0 aromatic rings. The van der Waals surface area contributed by atoms with Gasteiger partial charge in [-0.05, 0) is 19.3 Å². The first kappa shape index (κ1) is 12.0. The van der Waals surface area contributed by atoms with Crippen LogP contribution in [-0.2, 0) is 4.79 Å². The Morgan fingerprint density at radius 1 is 1.62 bits per heavy atom. The second kappa shape index (κ2) is 4.86. The molecule has 0 saturated heterocycles. The number of rotatable bonds is 4. The van der Waals surface area contributed by atoms with E-state index in [1.807, 2.05) is 20.8 Å². The van der Waals surface area contributed by atoms with Crippen molar-refractivity contribution in [2.24, 2.45) is 5.92 Å². The second-order valence-electron chi connectivity index (χ2n) is 3.77. The summed E-state index contributed by atoms with van der Waals surface area (Å²) in [5, 5.41) is 11.7. The van der Waals surface area contributed by atoms with Crippen molar-refractivity contribution >= 4 is 5.91 Å². The number of nitrogens with one attached hydrogen (secondary N) is 1. The summed E-state index contributed by atoms with van der Waals surface area (Å²) in [5.41, 5.74) is -0.730. The number of nitrogens with zero attached hydrogens (tertiary/aromatic N) is 1. The van der Waals surface area contributed by atoms with Crippen LogP contribution in [0.1, 0.15) is 40.5 Å². The summed E-state index contributed by atoms with van der Waals surface area (Å²) in [4.78, 5) is 11.3. The van der Waals surface area contributed by atoms with Gasteiger partial charge in [-0.2, -0.15) is 5.26 Å². The van der Waals surface area contributed by atoms with Crippen LogP contribution in [0.2, 0.25) is 0 Å². The molecule has 0 saturated carbocycles. The molecule has 13 heavy (non-hydrogen) atoms. The normalized spacial score (nSPS) is 14.8. The van der Waals surface area contributed by atoms with Crippen LogP contribution in [0, 0.1) is 17.2 Å². The smallest absolute Gasteiger partial charge is 0.221 e. The maximum Gasteiger partial charge on any atom is 0.221 e. The van der Waals surface area contributed by atoms with E-state index in [-0.39, 0.29) is 11.8 Å². The third-order valence-corrected chi connectivity index (χ3v) is 2.26. The van der Waals surface area contributed by atoms with Gasteiger partial charge in [0.1, 0.15) is 5.54 Å². The molecule has 0 aromatic carbocycles. The summed E-state index contributed by atoms with van der Waals surface area (Å²) >= 11 is 0. The topological polar surface area (TPSA) is 52.9 Å². The Kier molecular flexibility index (Phi) is 4.47. The Hall–Kier alpha value is -1.04. The molecule has 0 heterocycles. The highest BCUT2D eigenvalue weighted by Gasteiger charge is 2.29. The molecule has 0 aliphatic rings. The summed E-state index contributed by atoms with van der Waals surface area (Å²) < 4.78 is 0. The van der Waals surface area contributed by atoms with Gasteiger partial charge in [-0.1, -0.05) is 20.8 Å². The highest BCUT2D eigenvalue weighted by molar-refractivity contribution is 5.77. The van der Waals surface area contributed by atoms with Gasteiger partial charge in [0, 0.05) is 6.42 Å². The average molecular weight is 182 g/mol. The molecule has 0 bridgehead atoms. The third kappa shape index (κ3) is 3.45. The maximum atomic E-state index is 11.3. The van der Waals surface area contributed by atoms with E-state index in [2.05, 4.69) is 11.4 Å². The minimum absolute atomic E-state index is 0.0414. The molecular formula is C10H18N2O. The van der Waals surface area contributed by atoms with Gasteiger partial charge in [0.15, 0.2) is 0 Å². The van der Waals surface area contributed by atoms with Crippen molar-refractivity contribution in [1.82, 2.24) is 5.32 Å². The lowest BCUT2D eigenvalue weighted by atomic mass is 9.90. The second-order valence-corrected chi connectivity index (χ2v) is 3.77. The van der Waals surface area contributed by atoms with E-state index in [1.54, 1.807) is 6.92 Å². The zero-order chi connectivity index (χ0) is 10.5. The minimum Gasteiger partial charge on any atom is -0.338 e. The van der Waals surface area contributed by atoms with Crippen LogP contribution in [0.4, 0.5) is 0 Å². The maximum absolute atomic E-state index is 11.3. The first-order chi connectivity index (χ1) is 5.96. The van der Waals surface area contributed by atoms with Gasteiger partial charge in [0.05, 0.1) is 6.07 Å². The fourth-order valence-corrected chi connectivity index (χ4v) is 0.881. The highest BCUT2D eigenvalue weighted by Crippen LogP contribution is 2.15. The molecule has 0 fully saturated rings. The molecule has 0 aliphatic heterocycles. The molecule has 0 radical (unpaired) electrons. The van der Waals surface area contributed by atoms with Crippen molar-refractivity contribution in [2.75, 3.05) is 0 Å². The summed E-state index contributed by atoms with van der Waals surface area (Å²) in [7, 11) is 0. The molecule has 3 heteroatoms. The zero-order valence-corrected chi connectivity index (χ0v) is 8.85. The number of carbonyl (C=O) groups is 1. The quantitative estimate of drug-likeness (QED) is 0.721. The Balaban J connectivity index is 4.30. The van der Waals surface area contributed by atoms with E-state index in [0.29, 0.717) is 6.42 Å². The molecule has 0 aliphatic carbocycles. The summed E-state index contributed by atoms with van der Waals surface area (Å²) in [6.45, 7) is 7.55. The summed E-state index contributed by atoms with van der Waals surface area (Å²) in [6.07, 6.45) is 1.30. The van der Waals surface area contributed by atoms with Crippen LogP contribution >= 0.6 is 0 Å². The van der Waals surface area contributed by atoms with Crippen molar-refractivity contribution in [1.29, 1.82) is 5.26 Å². The fraction of sp³-hybridized carbons (Fsp3) is 0.800. The standard InChI is InChI=1S/C10H18N2O/c1-5-6-9(13)12-10(4,7-11)8(2)3/h8H,5-6H2,1-4H3,(H,12,13)/t10-/m0/s1. The molecule has 1 N–H and O–H groups in total. The molecule has 0 spiro atoms. The Morgan fingerprint density at radius 3 is 2.46 bits per heavy atom. The Morgan fingerprint density at radius 2 is 2.15 bits per heavy atom. The number of hydrogen-bond acceptors (Lipinski definition) is 2. The minimum atomic E-state index is -0.730. The summed E-state index contributed by atoms with van der Waals surface area (Å²) in [5.74, 6) is 0.0820. The van der Waals surface area contributed by atoms with Crippen molar-refractivity contribution in [3.8, 4) is 6.07 Å². The predicted molar refractivity (Wildman–Crippen MR) is 51.9 cm³/mol. The van der Waals surface area contributed by atoms with E-state index >= 15 is 0 Å². The number of hydrogen-bond donors (Lipinski definition) is 1. The average Bonchev–Trinajstić information content (AvgIpc) is 2.04. The summed E-state index contributed by atoms with van der Waals surface area (Å²) in [6, 6.07) is 2.14. The largest absolute Gasteiger partial charge is 0.338 e. The molecule has 74 valence electrons. The van der Waals surface area contributed by atoms with Gasteiger partial charge in [-0.15, -0.1) is 0 Å². The fourth-order valence-electron chi connectivity index (χ4n) is 0.881. The van der Waals surface area contributed by atoms with Crippen LogP contribution in [-0.4, -0.2) is 11.4 Å². The monoisotopic (exact) mass is 182 g/mol. The van der Waals surface area contributed by atoms with Gasteiger partial charge < -0.3 is 5.32 Å². The van der Waals surface area contributed by atoms with E-state index < -0.39 is 5.54 Å². The zero-order valence-electron chi connectivity index (χ0n) is 8.85. The third-order valence-electron chi connectivity index (χ3n) is 2.26. The van der Waals surface area contributed by atoms with E-state index in [1.165, 1.54) is 0 Å². The van der Waals surface area contributed by atoms with Crippen molar-refractivity contribution < 1.29 is 4.79 Å². The molecule has 1 amide bonds. The number of carbonyl (C=O) groups excluding carboxylic acids is 1. The van der Waals surface area contributed by atoms with Crippen molar-refractivity contribution in [3.63, 3.8) is 0 Å². The molecule has 0 unspecified atom stereocenters. The van der Waals surface area contributed by atoms with Crippen LogP contribution in [0.15, 0.2) is 0 Å². The molecule has 0 rings (SSSR count). The van der Waals surface area contributed by atoms with Crippen LogP contribution in [0.5, 0.6) is 0 Å². The Bertz CT molecular complexity index is 217. The van der Waals surface area contributed by atoms with Gasteiger partial charge >= 0.3 is 0 Å². The van der Waals surface area contributed by atoms with Gasteiger partial charge in [-0.25, -0.2) is 0 Å². The lowest BCUT2D eigenvalue weighted by Crippen LogP contribution is -2.48. The molecule has 3 nitrogen and oxygen atoms in total. The van der Waals surface area contributed by atoms with Crippen molar-refractivity contribution in [2.45, 2.75) is 46.1 Å². The van der Waals surface area contributed by atoms with Crippen LogP contribution in [0.25, 0.3) is 0 Å². The van der Waals surface area contributed by atoms with E-state index in [0.717, 1.165) is 6.42 Å². The molecule has 0 aromatic heterocycles. The highest BCUT2D eigenvalue weighted by atomic mass is 16.1. The Labute approximate surface area is 80.1 Å². The number of amides is 1. The van der Waals surface area contributed by atoms with Gasteiger partial charge in [0.25, 0.3) is 0 Å². The SMILES string of the molecule is CCCC(=O)N[C@@](C)(C#N)C(C)C. The number of nitriles is 1. The van der Waals surface area contributed by atoms with Crippen molar-refractivity contribution in [3.05, 3.63) is 0 Å². The molecule has 1 atom stereocenters. The van der Waals surface area contributed by atoms with Gasteiger partial charge in [0.2, 0.25) is 5.91 Å². The van der Waals surface area contributed by atoms with E-state index in [4.69, 9.17) is 5.26 Å². The van der Waals surface area contributed by atoms with Crippen LogP contribution < -0.4 is 5.32 Å². The first-order valence-corrected chi connectivity index (χ1v) is 4.68. The lowest BCUT2D eigenvalue weighted by Gasteiger charge is -2.27. The lowest BCUT2D eigenvalue weighted by molar-refractivity contribution is -0.122.